The number of hydrogen-bond donors (Lipinski definition) is 1. The van der Waals surface area contributed by atoms with Crippen LogP contribution in [0.5, 0.6) is 0 Å². The van der Waals surface area contributed by atoms with Crippen molar-refractivity contribution in [1.82, 2.24) is 14.8 Å². The fourth-order valence-electron chi connectivity index (χ4n) is 3.26. The quantitative estimate of drug-likeness (QED) is 0.535. The van der Waals surface area contributed by atoms with Crippen LogP contribution in [0.15, 0.2) is 34.9 Å². The van der Waals surface area contributed by atoms with Crippen molar-refractivity contribution in [3.8, 4) is 0 Å². The zero-order valence-electron chi connectivity index (χ0n) is 18.2. The van der Waals surface area contributed by atoms with E-state index in [2.05, 4.69) is 23.7 Å². The molecule has 0 unspecified atom stereocenters. The van der Waals surface area contributed by atoms with Gasteiger partial charge in [-0.2, -0.15) is 0 Å². The average Bonchev–Trinajstić information content (AvgIpc) is 3.34. The van der Waals surface area contributed by atoms with Crippen molar-refractivity contribution in [2.75, 3.05) is 13.1 Å². The summed E-state index contributed by atoms with van der Waals surface area (Å²) in [6.07, 6.45) is 6.11. The van der Waals surface area contributed by atoms with Gasteiger partial charge < -0.3 is 19.2 Å². The van der Waals surface area contributed by atoms with Crippen LogP contribution < -0.4 is 5.32 Å². The molecule has 6 heteroatoms. The van der Waals surface area contributed by atoms with Crippen LogP contribution in [0.1, 0.15) is 75.4 Å². The van der Waals surface area contributed by atoms with Gasteiger partial charge in [0.15, 0.2) is 5.76 Å². The van der Waals surface area contributed by atoms with Gasteiger partial charge in [-0.1, -0.05) is 40.5 Å². The first kappa shape index (κ1) is 22.8. The highest BCUT2D eigenvalue weighted by atomic mass is 16.4. The Morgan fingerprint density at radius 3 is 2.62 bits per heavy atom. The molecule has 0 aliphatic heterocycles. The fourth-order valence-corrected chi connectivity index (χ4v) is 3.26. The molecule has 0 bridgehead atoms. The molecule has 2 rings (SSSR count). The van der Waals surface area contributed by atoms with Crippen molar-refractivity contribution < 1.29 is 14.0 Å². The molecule has 1 N–H and O–H groups in total. The Morgan fingerprint density at radius 2 is 1.93 bits per heavy atom. The Labute approximate surface area is 174 Å². The Hall–Kier alpha value is -2.50. The lowest BCUT2D eigenvalue weighted by Gasteiger charge is -2.24. The van der Waals surface area contributed by atoms with Crippen LogP contribution in [-0.4, -0.2) is 34.4 Å². The maximum Gasteiger partial charge on any atom is 0.286 e. The number of carbonyl (C=O) groups is 2. The third kappa shape index (κ3) is 6.80. The number of unbranched alkanes of at least 4 members (excludes halogenated alkanes) is 2. The molecular formula is C23H35N3O3. The van der Waals surface area contributed by atoms with Gasteiger partial charge in [0.05, 0.1) is 13.1 Å². The lowest BCUT2D eigenvalue weighted by molar-refractivity contribution is -0.135. The van der Waals surface area contributed by atoms with E-state index >= 15 is 0 Å². The molecule has 160 valence electrons. The molecule has 0 saturated heterocycles. The Kier molecular flexibility index (Phi) is 9.03. The van der Waals surface area contributed by atoms with E-state index in [9.17, 15) is 9.59 Å². The normalized spacial score (nSPS) is 11.1. The van der Waals surface area contributed by atoms with Gasteiger partial charge in [-0.15, -0.1) is 0 Å². The number of furan rings is 1. The second-order valence-electron chi connectivity index (χ2n) is 7.77. The zero-order chi connectivity index (χ0) is 21.2. The molecule has 2 aromatic rings. The highest BCUT2D eigenvalue weighted by Gasteiger charge is 2.18. The second kappa shape index (κ2) is 11.5. The van der Waals surface area contributed by atoms with E-state index in [0.717, 1.165) is 43.7 Å². The summed E-state index contributed by atoms with van der Waals surface area (Å²) in [5, 5.41) is 2.90. The van der Waals surface area contributed by atoms with Gasteiger partial charge in [-0.3, -0.25) is 9.59 Å². The summed E-state index contributed by atoms with van der Waals surface area (Å²) in [5.41, 5.74) is 1.05. The second-order valence-corrected chi connectivity index (χ2v) is 7.77. The Morgan fingerprint density at radius 1 is 1.14 bits per heavy atom. The highest BCUT2D eigenvalue weighted by molar-refractivity contribution is 5.91. The van der Waals surface area contributed by atoms with Gasteiger partial charge in [-0.05, 0) is 37.1 Å². The van der Waals surface area contributed by atoms with E-state index in [1.165, 1.54) is 0 Å². The Bertz CT molecular complexity index is 776. The fraction of sp³-hybridized carbons (Fsp3) is 0.565. The van der Waals surface area contributed by atoms with Gasteiger partial charge >= 0.3 is 0 Å². The van der Waals surface area contributed by atoms with Crippen LogP contribution >= 0.6 is 0 Å². The number of rotatable bonds is 12. The summed E-state index contributed by atoms with van der Waals surface area (Å²) < 4.78 is 7.82. The minimum absolute atomic E-state index is 0.0200. The minimum Gasteiger partial charge on any atom is -0.454 e. The zero-order valence-corrected chi connectivity index (χ0v) is 18.2. The van der Waals surface area contributed by atoms with E-state index in [4.69, 9.17) is 4.42 Å². The van der Waals surface area contributed by atoms with Crippen LogP contribution in [0, 0.1) is 5.92 Å². The third-order valence-corrected chi connectivity index (χ3v) is 4.85. The number of hydrogen-bond acceptors (Lipinski definition) is 3. The molecule has 29 heavy (non-hydrogen) atoms. The van der Waals surface area contributed by atoms with E-state index in [1.54, 1.807) is 6.07 Å². The average molecular weight is 402 g/mol. The van der Waals surface area contributed by atoms with Crippen LogP contribution in [0.2, 0.25) is 0 Å². The largest absolute Gasteiger partial charge is 0.454 e. The maximum atomic E-state index is 12.5. The highest BCUT2D eigenvalue weighted by Crippen LogP contribution is 2.15. The molecule has 0 spiro atoms. The number of amides is 2. The predicted molar refractivity (Wildman–Crippen MR) is 115 cm³/mol. The van der Waals surface area contributed by atoms with Crippen molar-refractivity contribution in [3.63, 3.8) is 0 Å². The number of aromatic nitrogens is 1. The molecular weight excluding hydrogens is 366 g/mol. The third-order valence-electron chi connectivity index (χ3n) is 4.85. The first-order chi connectivity index (χ1) is 14.0. The van der Waals surface area contributed by atoms with Crippen LogP contribution in [0.3, 0.4) is 0 Å². The van der Waals surface area contributed by atoms with Crippen molar-refractivity contribution in [2.24, 2.45) is 5.92 Å². The first-order valence-electron chi connectivity index (χ1n) is 10.8. The van der Waals surface area contributed by atoms with Gasteiger partial charge in [0, 0.05) is 30.9 Å². The van der Waals surface area contributed by atoms with Crippen LogP contribution in [0.4, 0.5) is 0 Å². The molecule has 2 amide bonds. The first-order valence-corrected chi connectivity index (χ1v) is 10.8. The monoisotopic (exact) mass is 401 g/mol. The standard InChI is InChI=1S/C23H35N3O3/c1-5-7-8-13-24-22(27)21-12-11-20(29-21)17-25-15-9-10-19(25)16-26(14-6-2)23(28)18(3)4/h9-12,15,18H,5-8,13-14,16-17H2,1-4H3,(H,24,27). The van der Waals surface area contributed by atoms with Gasteiger partial charge in [0.25, 0.3) is 5.91 Å². The molecule has 0 radical (unpaired) electrons. The summed E-state index contributed by atoms with van der Waals surface area (Å²) in [7, 11) is 0. The summed E-state index contributed by atoms with van der Waals surface area (Å²) in [5.74, 6) is 1.04. The lowest BCUT2D eigenvalue weighted by atomic mass is 10.2. The van der Waals surface area contributed by atoms with Crippen molar-refractivity contribution in [1.29, 1.82) is 0 Å². The molecule has 0 fully saturated rings. The number of nitrogens with one attached hydrogen (secondary N) is 1. The van der Waals surface area contributed by atoms with E-state index < -0.39 is 0 Å². The minimum atomic E-state index is -0.170. The molecule has 2 heterocycles. The number of nitrogens with zero attached hydrogens (tertiary/aromatic N) is 2. The topological polar surface area (TPSA) is 67.5 Å². The summed E-state index contributed by atoms with van der Waals surface area (Å²) in [6, 6.07) is 7.57. The van der Waals surface area contributed by atoms with Gasteiger partial charge in [0.1, 0.15) is 5.76 Å². The smallest absolute Gasteiger partial charge is 0.286 e. The summed E-state index contributed by atoms with van der Waals surface area (Å²) >= 11 is 0. The SMILES string of the molecule is CCCCCNC(=O)c1ccc(Cn2cccc2CN(CCC)C(=O)C(C)C)o1. The molecule has 0 aromatic carbocycles. The molecule has 0 atom stereocenters. The van der Waals surface area contributed by atoms with Gasteiger partial charge in [0.2, 0.25) is 5.91 Å². The lowest BCUT2D eigenvalue weighted by Crippen LogP contribution is -2.35. The molecule has 0 aliphatic rings. The van der Waals surface area contributed by atoms with Crippen LogP contribution in [-0.2, 0) is 17.9 Å². The van der Waals surface area contributed by atoms with Crippen molar-refractivity contribution in [3.05, 3.63) is 47.7 Å². The molecule has 2 aromatic heterocycles. The number of carbonyl (C=O) groups excluding carboxylic acids is 2. The van der Waals surface area contributed by atoms with E-state index in [0.29, 0.717) is 25.4 Å². The maximum absolute atomic E-state index is 12.5. The van der Waals surface area contributed by atoms with Crippen molar-refractivity contribution >= 4 is 11.8 Å². The molecule has 0 saturated carbocycles. The summed E-state index contributed by atoms with van der Waals surface area (Å²) in [6.45, 7) is 10.6. The molecule has 6 nitrogen and oxygen atoms in total. The molecule has 0 aliphatic carbocycles. The van der Waals surface area contributed by atoms with Crippen molar-refractivity contribution in [2.45, 2.75) is 66.5 Å². The summed E-state index contributed by atoms with van der Waals surface area (Å²) in [4.78, 5) is 26.6. The van der Waals surface area contributed by atoms with Crippen LogP contribution in [0.25, 0.3) is 0 Å². The van der Waals surface area contributed by atoms with E-state index in [1.807, 2.05) is 43.1 Å². The van der Waals surface area contributed by atoms with E-state index in [-0.39, 0.29) is 17.7 Å². The Balaban J connectivity index is 2.00. The van der Waals surface area contributed by atoms with Gasteiger partial charge in [-0.25, -0.2) is 0 Å². The predicted octanol–water partition coefficient (Wildman–Crippen LogP) is 4.44.